The fourth-order valence-electron chi connectivity index (χ4n) is 3.41. The first-order chi connectivity index (χ1) is 16.7. The van der Waals surface area contributed by atoms with Gasteiger partial charge in [-0.3, -0.25) is 0 Å². The molecule has 0 atom stereocenters. The Balaban J connectivity index is 2.16. The predicted octanol–water partition coefficient (Wildman–Crippen LogP) is 7.06. The van der Waals surface area contributed by atoms with Crippen molar-refractivity contribution in [3.05, 3.63) is 76.5 Å². The maximum Gasteiger partial charge on any atom is 0.212 e. The largest absolute Gasteiger partial charge is 0.212 e. The highest BCUT2D eigenvalue weighted by Gasteiger charge is 2.17. The quantitative estimate of drug-likeness (QED) is 0.417. The maximum atomic E-state index is 8.44. The highest BCUT2D eigenvalue weighted by molar-refractivity contribution is 5.76. The molecule has 1 heteroatoms. The molecule has 0 radical (unpaired) electrons. The van der Waals surface area contributed by atoms with E-state index in [1.165, 1.54) is 0 Å². The summed E-state index contributed by atoms with van der Waals surface area (Å²) in [6.45, 7) is 4.71. The Morgan fingerprint density at radius 2 is 1.55 bits per heavy atom. The van der Waals surface area contributed by atoms with Crippen molar-refractivity contribution < 1.29 is 15.5 Å². The molecule has 0 unspecified atom stereocenters. The van der Waals surface area contributed by atoms with Gasteiger partial charge in [0.25, 0.3) is 0 Å². The van der Waals surface area contributed by atoms with Gasteiger partial charge in [-0.25, -0.2) is 4.57 Å². The Hall–Kier alpha value is -2.41. The Morgan fingerprint density at radius 1 is 0.862 bits per heavy atom. The number of aryl methyl sites for hydroxylation is 6. The summed E-state index contributed by atoms with van der Waals surface area (Å²) >= 11 is 0. The first-order valence-corrected chi connectivity index (χ1v) is 9.98. The van der Waals surface area contributed by atoms with Crippen LogP contribution in [0.2, 0.25) is 0 Å². The summed E-state index contributed by atoms with van der Waals surface area (Å²) < 4.78 is 66.5. The molecule has 0 N–H and O–H groups in total. The van der Waals surface area contributed by atoms with E-state index in [0.717, 1.165) is 27.9 Å². The third-order valence-electron chi connectivity index (χ3n) is 5.21. The lowest BCUT2D eigenvalue weighted by atomic mass is 9.88. The van der Waals surface area contributed by atoms with E-state index in [2.05, 4.69) is 0 Å². The van der Waals surface area contributed by atoms with Crippen LogP contribution < -0.4 is 4.57 Å². The zero-order valence-electron chi connectivity index (χ0n) is 26.3. The third-order valence-corrected chi connectivity index (χ3v) is 5.21. The van der Waals surface area contributed by atoms with Crippen LogP contribution in [0.4, 0.5) is 0 Å². The second-order valence-corrected chi connectivity index (χ2v) is 8.88. The lowest BCUT2D eigenvalue weighted by Gasteiger charge is -2.18. The first kappa shape index (κ1) is 13.0. The smallest absolute Gasteiger partial charge is 0.201 e. The van der Waals surface area contributed by atoms with Crippen LogP contribution in [0, 0.1) is 33.0 Å². The van der Waals surface area contributed by atoms with Crippen LogP contribution in [0.1, 0.15) is 65.9 Å². The number of benzene rings is 2. The highest BCUT2D eigenvalue weighted by Crippen LogP contribution is 2.32. The second kappa shape index (κ2) is 8.14. The second-order valence-electron chi connectivity index (χ2n) is 8.88. The summed E-state index contributed by atoms with van der Waals surface area (Å²) in [6, 6.07) is 12.8. The molecule has 0 aliphatic carbocycles. The molecular weight excluding hydrogens is 350 g/mol. The number of hydrogen-bond acceptors (Lipinski definition) is 0. The van der Waals surface area contributed by atoms with Crippen LogP contribution in [0.25, 0.3) is 22.4 Å². The highest BCUT2D eigenvalue weighted by atomic mass is 14.9. The molecule has 0 fully saturated rings. The van der Waals surface area contributed by atoms with Gasteiger partial charge < -0.3 is 0 Å². The van der Waals surface area contributed by atoms with Crippen LogP contribution in [0.15, 0.2) is 48.7 Å². The first-order valence-electron chi connectivity index (χ1n) is 14.0. The van der Waals surface area contributed by atoms with E-state index in [1.807, 2.05) is 64.1 Å². The Labute approximate surface area is 188 Å². The molecule has 1 heterocycles. The zero-order chi connectivity index (χ0) is 28.1. The van der Waals surface area contributed by atoms with Crippen LogP contribution in [0.3, 0.4) is 0 Å². The fraction of sp³-hybridized carbons (Fsp3) is 0.393. The molecule has 0 amide bonds. The van der Waals surface area contributed by atoms with Crippen molar-refractivity contribution in [3.63, 3.8) is 0 Å². The van der Waals surface area contributed by atoms with E-state index in [9.17, 15) is 0 Å². The van der Waals surface area contributed by atoms with Gasteiger partial charge in [-0.1, -0.05) is 51.1 Å². The summed E-state index contributed by atoms with van der Waals surface area (Å²) in [6.07, 6.45) is 0.475. The van der Waals surface area contributed by atoms with Gasteiger partial charge in [0.05, 0.1) is 0 Å². The average Bonchev–Trinajstić information content (AvgIpc) is 2.73. The van der Waals surface area contributed by atoms with E-state index in [1.54, 1.807) is 30.8 Å². The molecule has 3 aromatic rings. The monoisotopic (exact) mass is 394 g/mol. The Morgan fingerprint density at radius 3 is 2.17 bits per heavy atom. The van der Waals surface area contributed by atoms with Crippen molar-refractivity contribution in [2.24, 2.45) is 12.5 Å². The summed E-state index contributed by atoms with van der Waals surface area (Å²) in [5.74, 6) is 0. The van der Waals surface area contributed by atoms with Gasteiger partial charge in [-0.05, 0) is 85.2 Å². The van der Waals surface area contributed by atoms with Crippen molar-refractivity contribution in [1.82, 2.24) is 0 Å². The zero-order valence-corrected chi connectivity index (χ0v) is 18.3. The van der Waals surface area contributed by atoms with Crippen LogP contribution in [-0.4, -0.2) is 0 Å². The van der Waals surface area contributed by atoms with E-state index in [4.69, 9.17) is 11.0 Å². The van der Waals surface area contributed by atoms with Crippen molar-refractivity contribution >= 4 is 0 Å². The van der Waals surface area contributed by atoms with Crippen molar-refractivity contribution in [1.29, 1.82) is 0 Å². The Kier molecular flexibility index (Phi) is 3.65. The standard InChI is InChI=1S/C28H36N/c1-19-16-27(29(8)18-22(19)4)26-17-25(20(2)15-21(26)3)24-11-9-23(10-12-24)13-14-28(5,6)7/h9-12,15-18H,13-14H2,1-8H3/q+1/i2D3,4D3,14D2. The normalized spacial score (nSPS) is 17.2. The molecule has 0 spiro atoms. The molecule has 1 aromatic heterocycles. The Bertz CT molecular complexity index is 1290. The minimum atomic E-state index is -2.33. The summed E-state index contributed by atoms with van der Waals surface area (Å²) in [4.78, 5) is 0. The van der Waals surface area contributed by atoms with Crippen LogP contribution >= 0.6 is 0 Å². The van der Waals surface area contributed by atoms with Gasteiger partial charge in [-0.2, -0.15) is 0 Å². The molecule has 0 aliphatic rings. The topological polar surface area (TPSA) is 3.88 Å². The molecule has 0 saturated heterocycles. The molecule has 3 rings (SSSR count). The summed E-state index contributed by atoms with van der Waals surface area (Å²) in [5.41, 5.74) is 5.17. The predicted molar refractivity (Wildman–Crippen MR) is 125 cm³/mol. The lowest BCUT2D eigenvalue weighted by Crippen LogP contribution is -2.31. The minimum Gasteiger partial charge on any atom is -0.201 e. The molecule has 2 aromatic carbocycles. The number of hydrogen-bond donors (Lipinski definition) is 0. The van der Waals surface area contributed by atoms with Gasteiger partial charge >= 0.3 is 0 Å². The van der Waals surface area contributed by atoms with Crippen molar-refractivity contribution in [2.45, 2.75) is 61.1 Å². The van der Waals surface area contributed by atoms with Gasteiger partial charge in [0.15, 0.2) is 6.20 Å². The summed E-state index contributed by atoms with van der Waals surface area (Å²) in [7, 11) is 1.79. The molecule has 0 saturated carbocycles. The molecule has 152 valence electrons. The van der Waals surface area contributed by atoms with Crippen molar-refractivity contribution in [3.8, 4) is 22.4 Å². The van der Waals surface area contributed by atoms with Gasteiger partial charge in [0.1, 0.15) is 7.05 Å². The summed E-state index contributed by atoms with van der Waals surface area (Å²) in [5, 5.41) is 0. The average molecular weight is 395 g/mol. The number of pyridine rings is 1. The van der Waals surface area contributed by atoms with Gasteiger partial charge in [-0.15, -0.1) is 0 Å². The number of aromatic nitrogens is 1. The van der Waals surface area contributed by atoms with Crippen LogP contribution in [-0.2, 0) is 13.5 Å². The number of rotatable bonds is 4. The molecule has 0 bridgehead atoms. The SMILES string of the molecule is [2H]C([2H])([2H])c1c[n+](C)c(-c2cc(-c3ccc(CC([2H])([2H])C(C)(C)C)cc3)c(C([2H])([2H])[2H])cc2C)cc1C. The van der Waals surface area contributed by atoms with E-state index < -0.39 is 25.5 Å². The molecular formula is C28H36N+. The minimum absolute atomic E-state index is 0.241. The van der Waals surface area contributed by atoms with Gasteiger partial charge in [0, 0.05) is 28.2 Å². The lowest BCUT2D eigenvalue weighted by molar-refractivity contribution is -0.660. The maximum absolute atomic E-state index is 8.44. The van der Waals surface area contributed by atoms with Crippen LogP contribution in [0.5, 0.6) is 0 Å². The van der Waals surface area contributed by atoms with E-state index in [-0.39, 0.29) is 17.5 Å². The molecule has 1 nitrogen and oxygen atoms in total. The number of nitrogens with zero attached hydrogens (tertiary/aromatic N) is 1. The van der Waals surface area contributed by atoms with Crippen molar-refractivity contribution in [2.75, 3.05) is 0 Å². The molecule has 0 aliphatic heterocycles. The van der Waals surface area contributed by atoms with E-state index >= 15 is 0 Å². The van der Waals surface area contributed by atoms with Gasteiger partial charge in [0.2, 0.25) is 5.69 Å². The van der Waals surface area contributed by atoms with E-state index in [0.29, 0.717) is 11.1 Å². The third kappa shape index (κ3) is 4.96. The fourth-order valence-corrected chi connectivity index (χ4v) is 3.41. The molecule has 29 heavy (non-hydrogen) atoms.